The van der Waals surface area contributed by atoms with Gasteiger partial charge in [-0.05, 0) is 35.9 Å². The number of hydrogen-bond acceptors (Lipinski definition) is 2. The third-order valence-electron chi connectivity index (χ3n) is 3.76. The normalized spacial score (nSPS) is 10.9. The summed E-state index contributed by atoms with van der Waals surface area (Å²) in [4.78, 5) is 3.21. The summed E-state index contributed by atoms with van der Waals surface area (Å²) in [5, 5.41) is 12.1. The minimum atomic E-state index is 0.808. The highest BCUT2D eigenvalue weighted by Crippen LogP contribution is 2.27. The maximum absolute atomic E-state index is 4.41. The Hall–Kier alpha value is -3.01. The highest BCUT2D eigenvalue weighted by atomic mass is 15.1. The molecule has 2 heterocycles. The van der Waals surface area contributed by atoms with Crippen LogP contribution in [-0.2, 0) is 6.54 Å². The topological polar surface area (TPSA) is 56.5 Å². The number of aromatic amines is 2. The quantitative estimate of drug-likeness (QED) is 0.528. The van der Waals surface area contributed by atoms with Gasteiger partial charge in [-0.1, -0.05) is 30.3 Å². The molecule has 0 amide bonds. The zero-order valence-corrected chi connectivity index (χ0v) is 12.0. The van der Waals surface area contributed by atoms with Gasteiger partial charge in [-0.25, -0.2) is 0 Å². The molecule has 2 aromatic heterocycles. The van der Waals surface area contributed by atoms with Gasteiger partial charge in [0.25, 0.3) is 0 Å². The second kappa shape index (κ2) is 5.41. The molecule has 3 N–H and O–H groups in total. The van der Waals surface area contributed by atoms with Gasteiger partial charge in [0, 0.05) is 23.8 Å². The van der Waals surface area contributed by atoms with Crippen molar-refractivity contribution in [2.24, 2.45) is 0 Å². The Morgan fingerprint density at radius 1 is 0.955 bits per heavy atom. The first kappa shape index (κ1) is 12.7. The monoisotopic (exact) mass is 288 g/mol. The van der Waals surface area contributed by atoms with E-state index < -0.39 is 0 Å². The summed E-state index contributed by atoms with van der Waals surface area (Å²) >= 11 is 0. The summed E-state index contributed by atoms with van der Waals surface area (Å²) < 4.78 is 0. The van der Waals surface area contributed by atoms with E-state index in [1.807, 2.05) is 24.4 Å². The third-order valence-corrected chi connectivity index (χ3v) is 3.76. The Morgan fingerprint density at radius 3 is 2.68 bits per heavy atom. The Balaban J connectivity index is 1.64. The van der Waals surface area contributed by atoms with Crippen LogP contribution in [0.5, 0.6) is 0 Å². The molecule has 0 unspecified atom stereocenters. The number of H-pyrrole nitrogens is 2. The standard InChI is InChI=1S/C18H16N4/c1-2-5-13(6-3-1)12-20-14-8-9-16-15(11-14)18(22-21-16)17-7-4-10-19-17/h1-11,19-20H,12H2,(H,21,22). The van der Waals surface area contributed by atoms with E-state index in [1.165, 1.54) is 5.56 Å². The van der Waals surface area contributed by atoms with Crippen molar-refractivity contribution in [1.82, 2.24) is 15.2 Å². The van der Waals surface area contributed by atoms with Gasteiger partial charge in [0.05, 0.1) is 11.2 Å². The summed E-state index contributed by atoms with van der Waals surface area (Å²) in [6.45, 7) is 0.808. The molecule has 108 valence electrons. The average Bonchev–Trinajstić information content (AvgIpc) is 3.22. The Labute approximate surface area is 128 Å². The molecule has 0 radical (unpaired) electrons. The fourth-order valence-corrected chi connectivity index (χ4v) is 2.61. The Morgan fingerprint density at radius 2 is 1.86 bits per heavy atom. The molecule has 0 aliphatic heterocycles. The van der Waals surface area contributed by atoms with E-state index in [4.69, 9.17) is 0 Å². The first-order valence-corrected chi connectivity index (χ1v) is 7.30. The predicted octanol–water partition coefficient (Wildman–Crippen LogP) is 4.17. The first-order chi connectivity index (χ1) is 10.9. The van der Waals surface area contributed by atoms with Crippen LogP contribution < -0.4 is 5.32 Å². The van der Waals surface area contributed by atoms with Gasteiger partial charge in [-0.2, -0.15) is 5.10 Å². The molecule has 4 rings (SSSR count). The fourth-order valence-electron chi connectivity index (χ4n) is 2.61. The van der Waals surface area contributed by atoms with Crippen molar-refractivity contribution in [2.45, 2.75) is 6.54 Å². The number of hydrogen-bond donors (Lipinski definition) is 3. The van der Waals surface area contributed by atoms with E-state index in [1.54, 1.807) is 0 Å². The first-order valence-electron chi connectivity index (χ1n) is 7.30. The molecule has 22 heavy (non-hydrogen) atoms. The number of rotatable bonds is 4. The van der Waals surface area contributed by atoms with Crippen molar-refractivity contribution in [2.75, 3.05) is 5.32 Å². The third kappa shape index (κ3) is 2.35. The lowest BCUT2D eigenvalue weighted by molar-refractivity contribution is 1.12. The number of nitrogens with one attached hydrogen (secondary N) is 3. The SMILES string of the molecule is c1ccc(CNc2ccc3[nH]nc(-c4ccc[nH]4)c3c2)cc1. The van der Waals surface area contributed by atoms with Crippen LogP contribution >= 0.6 is 0 Å². The maximum atomic E-state index is 4.41. The molecule has 4 aromatic rings. The van der Waals surface area contributed by atoms with E-state index in [0.717, 1.165) is 34.5 Å². The van der Waals surface area contributed by atoms with Crippen molar-refractivity contribution >= 4 is 16.6 Å². The maximum Gasteiger partial charge on any atom is 0.116 e. The molecule has 0 saturated carbocycles. The van der Waals surface area contributed by atoms with Gasteiger partial charge in [0.2, 0.25) is 0 Å². The number of nitrogens with zero attached hydrogens (tertiary/aromatic N) is 1. The lowest BCUT2D eigenvalue weighted by Gasteiger charge is -2.06. The molecule has 0 saturated heterocycles. The molecular weight excluding hydrogens is 272 g/mol. The second-order valence-electron chi connectivity index (χ2n) is 5.26. The summed E-state index contributed by atoms with van der Waals surface area (Å²) in [6, 6.07) is 20.7. The molecule has 0 spiro atoms. The van der Waals surface area contributed by atoms with Crippen molar-refractivity contribution in [3.63, 3.8) is 0 Å². The lowest BCUT2D eigenvalue weighted by atomic mass is 10.1. The summed E-state index contributed by atoms with van der Waals surface area (Å²) in [5.74, 6) is 0. The summed E-state index contributed by atoms with van der Waals surface area (Å²) in [7, 11) is 0. The van der Waals surface area contributed by atoms with E-state index in [9.17, 15) is 0 Å². The number of benzene rings is 2. The van der Waals surface area contributed by atoms with Gasteiger partial charge in [-0.3, -0.25) is 5.10 Å². The molecule has 0 bridgehead atoms. The highest BCUT2D eigenvalue weighted by molar-refractivity contribution is 5.94. The molecule has 0 aliphatic rings. The van der Waals surface area contributed by atoms with Gasteiger partial charge in [0.15, 0.2) is 0 Å². The lowest BCUT2D eigenvalue weighted by Crippen LogP contribution is -1.98. The van der Waals surface area contributed by atoms with Crippen LogP contribution in [0.2, 0.25) is 0 Å². The van der Waals surface area contributed by atoms with Crippen LogP contribution in [0.1, 0.15) is 5.56 Å². The van der Waals surface area contributed by atoms with Crippen molar-refractivity contribution < 1.29 is 0 Å². The molecule has 0 fully saturated rings. The fraction of sp³-hybridized carbons (Fsp3) is 0.0556. The zero-order valence-electron chi connectivity index (χ0n) is 12.0. The molecule has 2 aromatic carbocycles. The van der Waals surface area contributed by atoms with Crippen LogP contribution in [0, 0.1) is 0 Å². The molecule has 0 aliphatic carbocycles. The number of fused-ring (bicyclic) bond motifs is 1. The molecule has 4 heteroatoms. The van der Waals surface area contributed by atoms with E-state index in [0.29, 0.717) is 0 Å². The minimum absolute atomic E-state index is 0.808. The van der Waals surface area contributed by atoms with Crippen LogP contribution in [0.15, 0.2) is 66.9 Å². The van der Waals surface area contributed by atoms with E-state index in [-0.39, 0.29) is 0 Å². The summed E-state index contributed by atoms with van der Waals surface area (Å²) in [6.07, 6.45) is 1.91. The number of aromatic nitrogens is 3. The summed E-state index contributed by atoms with van der Waals surface area (Å²) in [5.41, 5.74) is 5.36. The van der Waals surface area contributed by atoms with Gasteiger partial charge < -0.3 is 10.3 Å². The van der Waals surface area contributed by atoms with Gasteiger partial charge >= 0.3 is 0 Å². The van der Waals surface area contributed by atoms with E-state index in [2.05, 4.69) is 63.0 Å². The van der Waals surface area contributed by atoms with Crippen LogP contribution in [0.3, 0.4) is 0 Å². The second-order valence-corrected chi connectivity index (χ2v) is 5.26. The Kier molecular flexibility index (Phi) is 3.12. The molecule has 4 nitrogen and oxygen atoms in total. The molecular formula is C18H16N4. The van der Waals surface area contributed by atoms with E-state index >= 15 is 0 Å². The van der Waals surface area contributed by atoms with Gasteiger partial charge in [0.1, 0.15) is 5.69 Å². The average molecular weight is 288 g/mol. The van der Waals surface area contributed by atoms with Crippen molar-refractivity contribution in [1.29, 1.82) is 0 Å². The number of anilines is 1. The Bertz CT molecular complexity index is 876. The van der Waals surface area contributed by atoms with Crippen LogP contribution in [-0.4, -0.2) is 15.2 Å². The van der Waals surface area contributed by atoms with Gasteiger partial charge in [-0.15, -0.1) is 0 Å². The predicted molar refractivity (Wildman–Crippen MR) is 89.6 cm³/mol. The highest BCUT2D eigenvalue weighted by Gasteiger charge is 2.09. The largest absolute Gasteiger partial charge is 0.381 e. The van der Waals surface area contributed by atoms with Crippen molar-refractivity contribution in [3.8, 4) is 11.4 Å². The molecule has 0 atom stereocenters. The minimum Gasteiger partial charge on any atom is -0.381 e. The van der Waals surface area contributed by atoms with Crippen molar-refractivity contribution in [3.05, 3.63) is 72.4 Å². The smallest absolute Gasteiger partial charge is 0.116 e. The van der Waals surface area contributed by atoms with Crippen LogP contribution in [0.4, 0.5) is 5.69 Å². The zero-order chi connectivity index (χ0) is 14.8. The van der Waals surface area contributed by atoms with Crippen LogP contribution in [0.25, 0.3) is 22.3 Å².